The van der Waals surface area contributed by atoms with Gasteiger partial charge in [0.25, 0.3) is 0 Å². The first kappa shape index (κ1) is 24.1. The fraction of sp³-hybridized carbons (Fsp3) is 0.290. The number of nitriles is 1. The molecule has 2 N–H and O–H groups in total. The maximum absolute atomic E-state index is 14.0. The Hall–Kier alpha value is -3.27. The number of fused-ring (bicyclic) bond motifs is 6. The quantitative estimate of drug-likeness (QED) is 0.209. The first-order valence-corrected chi connectivity index (χ1v) is 13.5. The zero-order chi connectivity index (χ0) is 25.9. The topological polar surface area (TPSA) is 72.7 Å². The van der Waals surface area contributed by atoms with Gasteiger partial charge in [-0.15, -0.1) is 0 Å². The van der Waals surface area contributed by atoms with E-state index < -0.39 is 11.4 Å². The molecule has 4 aromatic carbocycles. The van der Waals surface area contributed by atoms with Gasteiger partial charge in [0.2, 0.25) is 0 Å². The van der Waals surface area contributed by atoms with Gasteiger partial charge in [0.1, 0.15) is 17.7 Å². The SMILES string of the molecule is CC(C)(O)Cc1ccc2c(c1)c1cc(CCC3CC3)ccc1c1nc(-c3c(Br)cc(F)cc3C#N)[nH]c21. The number of aliphatic hydroxyl groups is 1. The summed E-state index contributed by atoms with van der Waals surface area (Å²) in [7, 11) is 0. The van der Waals surface area contributed by atoms with Gasteiger partial charge in [-0.3, -0.25) is 0 Å². The average molecular weight is 556 g/mol. The monoisotopic (exact) mass is 555 g/mol. The van der Waals surface area contributed by atoms with E-state index in [-0.39, 0.29) is 5.56 Å². The van der Waals surface area contributed by atoms with Crippen LogP contribution in [0.2, 0.25) is 0 Å². The molecule has 1 aliphatic rings. The zero-order valence-electron chi connectivity index (χ0n) is 20.8. The summed E-state index contributed by atoms with van der Waals surface area (Å²) >= 11 is 3.44. The molecule has 0 unspecified atom stereocenters. The third kappa shape index (κ3) is 4.63. The molecule has 1 aromatic heterocycles. The fourth-order valence-corrected chi connectivity index (χ4v) is 6.00. The number of H-pyrrole nitrogens is 1. The number of hydrogen-bond acceptors (Lipinski definition) is 3. The first-order valence-electron chi connectivity index (χ1n) is 12.7. The van der Waals surface area contributed by atoms with Crippen molar-refractivity contribution in [2.75, 3.05) is 0 Å². The van der Waals surface area contributed by atoms with E-state index in [0.29, 0.717) is 22.3 Å². The Morgan fingerprint density at radius 3 is 2.49 bits per heavy atom. The van der Waals surface area contributed by atoms with Gasteiger partial charge in [-0.1, -0.05) is 49.2 Å². The number of imidazole rings is 1. The van der Waals surface area contributed by atoms with Crippen molar-refractivity contribution < 1.29 is 9.50 Å². The summed E-state index contributed by atoms with van der Waals surface area (Å²) in [6.45, 7) is 3.64. The lowest BCUT2D eigenvalue weighted by atomic mass is 9.92. The molecule has 0 radical (unpaired) electrons. The molecular formula is C31H27BrFN3O. The standard InChI is InChI=1S/C31H27BrFN3O/c1-31(2,37)15-19-8-10-23-25(12-19)24-11-18(6-5-17-3-4-17)7-9-22(24)28-29(23)36-30(35-28)27-20(16-34)13-21(33)14-26(27)32/h7-14,17,37H,3-6,15H2,1-2H3,(H,35,36). The molecule has 4 nitrogen and oxygen atoms in total. The van der Waals surface area contributed by atoms with E-state index in [2.05, 4.69) is 63.4 Å². The van der Waals surface area contributed by atoms with Crippen LogP contribution in [0, 0.1) is 23.1 Å². The molecule has 0 saturated heterocycles. The highest BCUT2D eigenvalue weighted by molar-refractivity contribution is 9.10. The number of hydrogen-bond donors (Lipinski definition) is 2. The highest BCUT2D eigenvalue weighted by atomic mass is 79.9. The summed E-state index contributed by atoms with van der Waals surface area (Å²) in [6, 6.07) is 17.6. The van der Waals surface area contributed by atoms with Gasteiger partial charge in [-0.05, 0) is 82.6 Å². The van der Waals surface area contributed by atoms with Gasteiger partial charge in [0.15, 0.2) is 0 Å². The summed E-state index contributed by atoms with van der Waals surface area (Å²) in [5.41, 5.74) is 4.02. The van der Waals surface area contributed by atoms with Crippen LogP contribution in [0.4, 0.5) is 4.39 Å². The van der Waals surface area contributed by atoms with Crippen molar-refractivity contribution in [3.05, 3.63) is 75.5 Å². The normalized spacial score (nSPS) is 14.1. The van der Waals surface area contributed by atoms with Crippen molar-refractivity contribution >= 4 is 48.5 Å². The molecule has 37 heavy (non-hydrogen) atoms. The summed E-state index contributed by atoms with van der Waals surface area (Å²) in [4.78, 5) is 8.41. The van der Waals surface area contributed by atoms with Gasteiger partial charge in [0.05, 0.1) is 22.2 Å². The minimum Gasteiger partial charge on any atom is -0.390 e. The molecule has 1 saturated carbocycles. The number of nitrogens with one attached hydrogen (secondary N) is 1. The van der Waals surface area contributed by atoms with Crippen LogP contribution in [0.1, 0.15) is 49.8 Å². The molecular weight excluding hydrogens is 529 g/mol. The van der Waals surface area contributed by atoms with Crippen molar-refractivity contribution in [3.8, 4) is 17.5 Å². The lowest BCUT2D eigenvalue weighted by Gasteiger charge is -2.18. The Kier molecular flexibility index (Phi) is 5.82. The lowest BCUT2D eigenvalue weighted by molar-refractivity contribution is 0.0810. The van der Waals surface area contributed by atoms with E-state index in [1.165, 1.54) is 37.0 Å². The first-order chi connectivity index (χ1) is 17.7. The molecule has 6 rings (SSSR count). The number of rotatable bonds is 6. The van der Waals surface area contributed by atoms with Crippen LogP contribution in [0.25, 0.3) is 44.0 Å². The van der Waals surface area contributed by atoms with Crippen LogP contribution in [-0.2, 0) is 12.8 Å². The molecule has 0 spiro atoms. The number of halogens is 2. The smallest absolute Gasteiger partial charge is 0.141 e. The van der Waals surface area contributed by atoms with Gasteiger partial charge in [0, 0.05) is 27.2 Å². The Balaban J connectivity index is 1.62. The molecule has 1 aliphatic carbocycles. The third-order valence-corrected chi connectivity index (χ3v) is 7.90. The van der Waals surface area contributed by atoms with Crippen molar-refractivity contribution in [1.29, 1.82) is 5.26 Å². The number of benzene rings is 4. The Morgan fingerprint density at radius 1 is 1.05 bits per heavy atom. The maximum atomic E-state index is 14.0. The van der Waals surface area contributed by atoms with Gasteiger partial charge >= 0.3 is 0 Å². The van der Waals surface area contributed by atoms with Crippen molar-refractivity contribution in [3.63, 3.8) is 0 Å². The van der Waals surface area contributed by atoms with Crippen molar-refractivity contribution in [1.82, 2.24) is 9.97 Å². The average Bonchev–Trinajstić information content (AvgIpc) is 3.57. The number of aryl methyl sites for hydroxylation is 1. The van der Waals surface area contributed by atoms with Gasteiger partial charge < -0.3 is 10.1 Å². The van der Waals surface area contributed by atoms with Crippen LogP contribution in [-0.4, -0.2) is 20.7 Å². The summed E-state index contributed by atoms with van der Waals surface area (Å²) in [5.74, 6) is 0.911. The second-order valence-electron chi connectivity index (χ2n) is 11.0. The molecule has 5 aromatic rings. The minimum atomic E-state index is -0.813. The highest BCUT2D eigenvalue weighted by Gasteiger charge is 2.22. The van der Waals surface area contributed by atoms with Gasteiger partial charge in [-0.2, -0.15) is 5.26 Å². The number of nitrogens with zero attached hydrogens (tertiary/aromatic N) is 2. The third-order valence-electron chi connectivity index (χ3n) is 7.27. The Morgan fingerprint density at radius 2 is 1.76 bits per heavy atom. The van der Waals surface area contributed by atoms with E-state index in [1.54, 1.807) is 0 Å². The molecule has 186 valence electrons. The van der Waals surface area contributed by atoms with E-state index in [0.717, 1.165) is 50.5 Å². The Bertz CT molecular complexity index is 1740. The van der Waals surface area contributed by atoms with Gasteiger partial charge in [-0.25, -0.2) is 9.37 Å². The largest absolute Gasteiger partial charge is 0.390 e. The summed E-state index contributed by atoms with van der Waals surface area (Å²) in [5, 5.41) is 24.4. The van der Waals surface area contributed by atoms with E-state index >= 15 is 0 Å². The summed E-state index contributed by atoms with van der Waals surface area (Å²) in [6.07, 6.45) is 5.52. The number of aromatic amines is 1. The maximum Gasteiger partial charge on any atom is 0.141 e. The minimum absolute atomic E-state index is 0.217. The van der Waals surface area contributed by atoms with Crippen LogP contribution >= 0.6 is 15.9 Å². The zero-order valence-corrected chi connectivity index (χ0v) is 22.4. The van der Waals surface area contributed by atoms with Crippen molar-refractivity contribution in [2.45, 2.75) is 51.6 Å². The van der Waals surface area contributed by atoms with E-state index in [4.69, 9.17) is 4.98 Å². The molecule has 1 heterocycles. The van der Waals surface area contributed by atoms with Crippen LogP contribution in [0.3, 0.4) is 0 Å². The van der Waals surface area contributed by atoms with Crippen molar-refractivity contribution in [2.24, 2.45) is 5.92 Å². The summed E-state index contributed by atoms with van der Waals surface area (Å²) < 4.78 is 14.5. The molecule has 0 amide bonds. The molecule has 0 aliphatic heterocycles. The van der Waals surface area contributed by atoms with E-state index in [1.807, 2.05) is 13.8 Å². The second kappa shape index (κ2) is 8.93. The fourth-order valence-electron chi connectivity index (χ4n) is 5.38. The second-order valence-corrected chi connectivity index (χ2v) is 11.8. The van der Waals surface area contributed by atoms with Crippen LogP contribution in [0.15, 0.2) is 53.0 Å². The lowest BCUT2D eigenvalue weighted by Crippen LogP contribution is -2.21. The highest BCUT2D eigenvalue weighted by Crippen LogP contribution is 2.39. The Labute approximate surface area is 223 Å². The van der Waals surface area contributed by atoms with Crippen LogP contribution < -0.4 is 0 Å². The molecule has 6 heteroatoms. The predicted octanol–water partition coefficient (Wildman–Crippen LogP) is 7.97. The molecule has 0 bridgehead atoms. The molecule has 1 fully saturated rings. The predicted molar refractivity (Wildman–Crippen MR) is 150 cm³/mol. The molecule has 0 atom stereocenters. The van der Waals surface area contributed by atoms with E-state index in [9.17, 15) is 14.8 Å². The van der Waals surface area contributed by atoms with Crippen LogP contribution in [0.5, 0.6) is 0 Å². The number of aromatic nitrogens is 2.